The number of rotatable bonds is 34. The van der Waals surface area contributed by atoms with Gasteiger partial charge in [0.15, 0.2) is 0 Å². The zero-order chi connectivity index (χ0) is 29.4. The third-order valence-corrected chi connectivity index (χ3v) is 9.78. The van der Waals surface area contributed by atoms with Gasteiger partial charge in [0.05, 0.1) is 0 Å². The molecule has 0 saturated carbocycles. The van der Waals surface area contributed by atoms with Crippen molar-refractivity contribution < 1.29 is 0 Å². The van der Waals surface area contributed by atoms with Crippen LogP contribution in [-0.4, -0.2) is 23.5 Å². The molecule has 40 heavy (non-hydrogen) atoms. The van der Waals surface area contributed by atoms with Gasteiger partial charge in [-0.3, -0.25) is 4.90 Å². The van der Waals surface area contributed by atoms with E-state index < -0.39 is 0 Å². The van der Waals surface area contributed by atoms with Crippen molar-refractivity contribution in [2.75, 3.05) is 13.1 Å². The first-order valence-corrected chi connectivity index (χ1v) is 19.3. The quantitative estimate of drug-likeness (QED) is 0.0704. The fourth-order valence-electron chi connectivity index (χ4n) is 6.29. The molecule has 0 fully saturated rings. The largest absolute Gasteiger partial charge is 0.298 e. The first-order valence-electron chi connectivity index (χ1n) is 19.3. The predicted molar refractivity (Wildman–Crippen MR) is 186 cm³/mol. The van der Waals surface area contributed by atoms with E-state index in [1.807, 2.05) is 0 Å². The lowest BCUT2D eigenvalue weighted by Crippen LogP contribution is -2.44. The first kappa shape index (κ1) is 40.0. The lowest BCUT2D eigenvalue weighted by Gasteiger charge is -2.38. The average Bonchev–Trinajstić information content (AvgIpc) is 2.95. The summed E-state index contributed by atoms with van der Waals surface area (Å²) in [6.07, 6.45) is 45.0. The van der Waals surface area contributed by atoms with E-state index in [0.717, 1.165) is 0 Å². The van der Waals surface area contributed by atoms with Crippen molar-refractivity contribution in [3.05, 3.63) is 0 Å². The van der Waals surface area contributed by atoms with Crippen LogP contribution in [0.2, 0.25) is 0 Å². The van der Waals surface area contributed by atoms with Gasteiger partial charge in [0, 0.05) is 5.54 Å². The molecule has 242 valence electrons. The third-order valence-electron chi connectivity index (χ3n) is 9.78. The van der Waals surface area contributed by atoms with Gasteiger partial charge < -0.3 is 0 Å². The van der Waals surface area contributed by atoms with Crippen LogP contribution in [0.25, 0.3) is 0 Å². The number of hydrogen-bond donors (Lipinski definition) is 0. The van der Waals surface area contributed by atoms with E-state index in [1.165, 1.54) is 212 Å². The Morgan fingerprint density at radius 2 is 0.500 bits per heavy atom. The number of unbranched alkanes of at least 4 members (excludes halogenated alkanes) is 28. The molecule has 0 aliphatic rings. The lowest BCUT2D eigenvalue weighted by atomic mass is 9.97. The van der Waals surface area contributed by atoms with Gasteiger partial charge in [-0.2, -0.15) is 0 Å². The normalized spacial score (nSPS) is 12.2. The second kappa shape index (κ2) is 31.9. The van der Waals surface area contributed by atoms with Crippen LogP contribution in [0.4, 0.5) is 0 Å². The van der Waals surface area contributed by atoms with Gasteiger partial charge in [-0.15, -0.1) is 0 Å². The summed E-state index contributed by atoms with van der Waals surface area (Å²) in [7, 11) is 0. The molecule has 0 atom stereocenters. The smallest absolute Gasteiger partial charge is 0.0150 e. The van der Waals surface area contributed by atoms with Gasteiger partial charge in [-0.25, -0.2) is 0 Å². The number of hydrogen-bond acceptors (Lipinski definition) is 1. The summed E-state index contributed by atoms with van der Waals surface area (Å²) in [6, 6.07) is 0. The molecular weight excluding hydrogens is 482 g/mol. The van der Waals surface area contributed by atoms with Crippen molar-refractivity contribution in [1.82, 2.24) is 4.90 Å². The van der Waals surface area contributed by atoms with Crippen LogP contribution in [0, 0.1) is 0 Å². The van der Waals surface area contributed by atoms with Crippen molar-refractivity contribution in [3.8, 4) is 0 Å². The molecule has 0 spiro atoms. The fourth-order valence-corrected chi connectivity index (χ4v) is 6.29. The van der Waals surface area contributed by atoms with E-state index in [1.54, 1.807) is 0 Å². The molecule has 0 saturated heterocycles. The Labute approximate surface area is 256 Å². The molecule has 1 heteroatoms. The highest BCUT2D eigenvalue weighted by molar-refractivity contribution is 4.80. The van der Waals surface area contributed by atoms with Gasteiger partial charge in [-0.05, 0) is 46.2 Å². The highest BCUT2D eigenvalue weighted by Crippen LogP contribution is 2.21. The van der Waals surface area contributed by atoms with Gasteiger partial charge in [0.1, 0.15) is 0 Å². The van der Waals surface area contributed by atoms with Crippen LogP contribution < -0.4 is 0 Å². The summed E-state index contributed by atoms with van der Waals surface area (Å²) in [4.78, 5) is 2.83. The van der Waals surface area contributed by atoms with Crippen LogP contribution in [0.5, 0.6) is 0 Å². The highest BCUT2D eigenvalue weighted by atomic mass is 15.2. The second-order valence-corrected chi connectivity index (χ2v) is 14.1. The van der Waals surface area contributed by atoms with E-state index in [9.17, 15) is 0 Å². The van der Waals surface area contributed by atoms with Crippen LogP contribution in [-0.2, 0) is 0 Å². The Balaban J connectivity index is 3.62. The lowest BCUT2D eigenvalue weighted by molar-refractivity contribution is 0.110. The van der Waals surface area contributed by atoms with Crippen LogP contribution >= 0.6 is 0 Å². The van der Waals surface area contributed by atoms with Crippen molar-refractivity contribution >= 4 is 0 Å². The SMILES string of the molecule is CCCCCCCCCCCCCCCCCN(CCCCCCCCCCCCCCCCC)C(C)(C)CC. The molecule has 0 amide bonds. The molecule has 0 aliphatic heterocycles. The summed E-state index contributed by atoms with van der Waals surface area (Å²) in [5, 5.41) is 0. The van der Waals surface area contributed by atoms with E-state index >= 15 is 0 Å². The molecule has 0 bridgehead atoms. The topological polar surface area (TPSA) is 3.24 Å². The summed E-state index contributed by atoms with van der Waals surface area (Å²) >= 11 is 0. The maximum absolute atomic E-state index is 2.83. The average molecular weight is 564 g/mol. The Morgan fingerprint density at radius 3 is 0.700 bits per heavy atom. The molecule has 0 aliphatic carbocycles. The van der Waals surface area contributed by atoms with E-state index in [-0.39, 0.29) is 0 Å². The monoisotopic (exact) mass is 564 g/mol. The molecule has 0 aromatic rings. The molecule has 1 nitrogen and oxygen atoms in total. The Kier molecular flexibility index (Phi) is 31.9. The summed E-state index contributed by atoms with van der Waals surface area (Å²) in [5.74, 6) is 0. The van der Waals surface area contributed by atoms with E-state index in [4.69, 9.17) is 0 Å². The minimum Gasteiger partial charge on any atom is -0.298 e. The van der Waals surface area contributed by atoms with Crippen molar-refractivity contribution in [2.24, 2.45) is 0 Å². The standard InChI is InChI=1S/C39H81N/c1-6-9-11-13-15-17-19-21-23-25-27-29-31-33-35-37-40(39(4,5)8-3)38-36-34-32-30-28-26-24-22-20-18-16-14-12-10-7-2/h6-38H2,1-5H3. The molecule has 0 N–H and O–H groups in total. The molecule has 0 heterocycles. The molecular formula is C39H81N. The number of nitrogens with zero attached hydrogens (tertiary/aromatic N) is 1. The third kappa shape index (κ3) is 28.1. The van der Waals surface area contributed by atoms with Crippen LogP contribution in [0.15, 0.2) is 0 Å². The minimum absolute atomic E-state index is 0.367. The van der Waals surface area contributed by atoms with Crippen molar-refractivity contribution in [1.29, 1.82) is 0 Å². The van der Waals surface area contributed by atoms with Crippen molar-refractivity contribution in [2.45, 2.75) is 239 Å². The van der Waals surface area contributed by atoms with Gasteiger partial charge >= 0.3 is 0 Å². The fraction of sp³-hybridized carbons (Fsp3) is 1.00. The van der Waals surface area contributed by atoms with Crippen molar-refractivity contribution in [3.63, 3.8) is 0 Å². The Hall–Kier alpha value is -0.0400. The Bertz CT molecular complexity index is 422. The maximum atomic E-state index is 2.83. The van der Waals surface area contributed by atoms with Gasteiger partial charge in [0.2, 0.25) is 0 Å². The zero-order valence-electron chi connectivity index (χ0n) is 29.3. The minimum atomic E-state index is 0.367. The van der Waals surface area contributed by atoms with Crippen LogP contribution in [0.1, 0.15) is 234 Å². The van der Waals surface area contributed by atoms with Gasteiger partial charge in [0.25, 0.3) is 0 Å². The summed E-state index contributed by atoms with van der Waals surface area (Å²) < 4.78 is 0. The molecule has 0 aromatic heterocycles. The highest BCUT2D eigenvalue weighted by Gasteiger charge is 2.23. The maximum Gasteiger partial charge on any atom is 0.0150 e. The molecule has 0 rings (SSSR count). The van der Waals surface area contributed by atoms with Gasteiger partial charge in [-0.1, -0.05) is 201 Å². The van der Waals surface area contributed by atoms with E-state index in [2.05, 4.69) is 39.5 Å². The summed E-state index contributed by atoms with van der Waals surface area (Å²) in [6.45, 7) is 14.6. The summed E-state index contributed by atoms with van der Waals surface area (Å²) in [5.41, 5.74) is 0.367. The first-order chi connectivity index (χ1) is 19.6. The molecule has 0 aromatic carbocycles. The molecule has 0 unspecified atom stereocenters. The zero-order valence-corrected chi connectivity index (χ0v) is 29.3. The van der Waals surface area contributed by atoms with Crippen LogP contribution in [0.3, 0.4) is 0 Å². The predicted octanol–water partition coefficient (Wildman–Crippen LogP) is 14.2. The Morgan fingerprint density at radius 1 is 0.300 bits per heavy atom. The van der Waals surface area contributed by atoms with E-state index in [0.29, 0.717) is 5.54 Å². The second-order valence-electron chi connectivity index (χ2n) is 14.1. The molecule has 0 radical (unpaired) electrons.